The van der Waals surface area contributed by atoms with Crippen molar-refractivity contribution in [3.05, 3.63) is 33.2 Å². The molecule has 1 fully saturated rings. The van der Waals surface area contributed by atoms with E-state index in [1.54, 1.807) is 17.7 Å². The minimum absolute atomic E-state index is 0.609. The van der Waals surface area contributed by atoms with Crippen molar-refractivity contribution in [2.45, 2.75) is 25.4 Å². The number of aromatic nitrogens is 2. The van der Waals surface area contributed by atoms with Crippen LogP contribution in [0.1, 0.15) is 17.7 Å². The van der Waals surface area contributed by atoms with Crippen molar-refractivity contribution in [3.63, 3.8) is 0 Å². The molecule has 0 unspecified atom stereocenters. The summed E-state index contributed by atoms with van der Waals surface area (Å²) in [5.74, 6) is 1.82. The van der Waals surface area contributed by atoms with Gasteiger partial charge in [0.15, 0.2) is 0 Å². The SMILES string of the molecule is CNc1ncnc(N(Cc2cccs2)C2CC2)c1Br. The highest BCUT2D eigenvalue weighted by Crippen LogP contribution is 2.38. The number of hydrogen-bond acceptors (Lipinski definition) is 5. The Kier molecular flexibility index (Phi) is 3.70. The Morgan fingerprint density at radius 2 is 2.32 bits per heavy atom. The molecule has 19 heavy (non-hydrogen) atoms. The van der Waals surface area contributed by atoms with Crippen LogP contribution in [-0.4, -0.2) is 23.1 Å². The highest BCUT2D eigenvalue weighted by atomic mass is 79.9. The molecule has 0 aliphatic heterocycles. The van der Waals surface area contributed by atoms with Gasteiger partial charge >= 0.3 is 0 Å². The summed E-state index contributed by atoms with van der Waals surface area (Å²) in [4.78, 5) is 12.4. The molecule has 2 aromatic rings. The first-order chi connectivity index (χ1) is 9.29. The fourth-order valence-electron chi connectivity index (χ4n) is 2.07. The molecule has 6 heteroatoms. The number of thiophene rings is 1. The van der Waals surface area contributed by atoms with E-state index in [9.17, 15) is 0 Å². The molecular weight excluding hydrogens is 324 g/mol. The Morgan fingerprint density at radius 3 is 2.95 bits per heavy atom. The average Bonchev–Trinajstić information content (AvgIpc) is 3.14. The van der Waals surface area contributed by atoms with E-state index in [0.717, 1.165) is 22.7 Å². The van der Waals surface area contributed by atoms with E-state index in [-0.39, 0.29) is 0 Å². The fraction of sp³-hybridized carbons (Fsp3) is 0.385. The lowest BCUT2D eigenvalue weighted by molar-refractivity contribution is 0.780. The second kappa shape index (κ2) is 5.46. The van der Waals surface area contributed by atoms with Crippen LogP contribution in [0.5, 0.6) is 0 Å². The monoisotopic (exact) mass is 338 g/mol. The first kappa shape index (κ1) is 12.9. The maximum atomic E-state index is 4.46. The van der Waals surface area contributed by atoms with Crippen molar-refractivity contribution in [2.24, 2.45) is 0 Å². The molecule has 1 saturated carbocycles. The lowest BCUT2D eigenvalue weighted by Crippen LogP contribution is -2.26. The lowest BCUT2D eigenvalue weighted by atomic mass is 10.3. The molecule has 100 valence electrons. The third-order valence-electron chi connectivity index (χ3n) is 3.17. The van der Waals surface area contributed by atoms with Gasteiger partial charge in [0.25, 0.3) is 0 Å². The van der Waals surface area contributed by atoms with Crippen molar-refractivity contribution in [1.29, 1.82) is 0 Å². The largest absolute Gasteiger partial charge is 0.372 e. The predicted octanol–water partition coefficient (Wildman–Crippen LogP) is 3.51. The van der Waals surface area contributed by atoms with Crippen LogP contribution >= 0.6 is 27.3 Å². The van der Waals surface area contributed by atoms with E-state index < -0.39 is 0 Å². The highest BCUT2D eigenvalue weighted by Gasteiger charge is 2.32. The average molecular weight is 339 g/mol. The number of nitrogens with one attached hydrogen (secondary N) is 1. The summed E-state index contributed by atoms with van der Waals surface area (Å²) < 4.78 is 0.945. The van der Waals surface area contributed by atoms with Crippen LogP contribution in [0.4, 0.5) is 11.6 Å². The number of rotatable bonds is 5. The molecule has 1 N–H and O–H groups in total. The Morgan fingerprint density at radius 1 is 1.47 bits per heavy atom. The molecular formula is C13H15BrN4S. The molecule has 2 heterocycles. The number of hydrogen-bond donors (Lipinski definition) is 1. The van der Waals surface area contributed by atoms with Gasteiger partial charge in [-0.25, -0.2) is 9.97 Å². The van der Waals surface area contributed by atoms with Crippen molar-refractivity contribution in [3.8, 4) is 0 Å². The van der Waals surface area contributed by atoms with Crippen LogP contribution < -0.4 is 10.2 Å². The summed E-state index contributed by atoms with van der Waals surface area (Å²) in [7, 11) is 1.87. The van der Waals surface area contributed by atoms with Gasteiger partial charge in [-0.05, 0) is 40.2 Å². The molecule has 1 aliphatic rings. The van der Waals surface area contributed by atoms with Crippen LogP contribution in [0, 0.1) is 0 Å². The fourth-order valence-corrected chi connectivity index (χ4v) is 3.40. The first-order valence-electron chi connectivity index (χ1n) is 6.27. The molecule has 2 aromatic heterocycles. The van der Waals surface area contributed by atoms with Gasteiger partial charge in [0, 0.05) is 18.0 Å². The summed E-state index contributed by atoms with van der Waals surface area (Å²) in [6.07, 6.45) is 4.11. The van der Waals surface area contributed by atoms with Crippen LogP contribution in [0.3, 0.4) is 0 Å². The smallest absolute Gasteiger partial charge is 0.149 e. The zero-order valence-corrected chi connectivity index (χ0v) is 13.0. The van der Waals surface area contributed by atoms with E-state index in [0.29, 0.717) is 6.04 Å². The molecule has 0 saturated heterocycles. The lowest BCUT2D eigenvalue weighted by Gasteiger charge is -2.24. The molecule has 0 atom stereocenters. The quantitative estimate of drug-likeness (QED) is 0.905. The third kappa shape index (κ3) is 2.74. The minimum atomic E-state index is 0.609. The van der Waals surface area contributed by atoms with Crippen LogP contribution in [0.2, 0.25) is 0 Å². The summed E-state index contributed by atoms with van der Waals surface area (Å²) in [6.45, 7) is 0.918. The van der Waals surface area contributed by atoms with Crippen molar-refractivity contribution in [1.82, 2.24) is 9.97 Å². The van der Waals surface area contributed by atoms with E-state index in [4.69, 9.17) is 0 Å². The normalized spacial score (nSPS) is 14.4. The number of anilines is 2. The van der Waals surface area contributed by atoms with E-state index in [1.165, 1.54) is 17.7 Å². The predicted molar refractivity (Wildman–Crippen MR) is 82.8 cm³/mol. The maximum absolute atomic E-state index is 4.46. The van der Waals surface area contributed by atoms with Crippen LogP contribution in [0.15, 0.2) is 28.3 Å². The van der Waals surface area contributed by atoms with Gasteiger partial charge in [0.2, 0.25) is 0 Å². The maximum Gasteiger partial charge on any atom is 0.149 e. The minimum Gasteiger partial charge on any atom is -0.372 e. The standard InChI is InChI=1S/C13H15BrN4S/c1-15-12-11(14)13(17-8-16-12)18(9-4-5-9)7-10-3-2-6-19-10/h2-3,6,8-9H,4-5,7H2,1H3,(H,15,16,17). The zero-order chi connectivity index (χ0) is 13.2. The van der Waals surface area contributed by atoms with Crippen LogP contribution in [-0.2, 0) is 6.54 Å². The first-order valence-corrected chi connectivity index (χ1v) is 7.94. The summed E-state index contributed by atoms with van der Waals surface area (Å²) in [5, 5.41) is 5.21. The van der Waals surface area contributed by atoms with E-state index in [2.05, 4.69) is 53.6 Å². The molecule has 4 nitrogen and oxygen atoms in total. The summed E-state index contributed by atoms with van der Waals surface area (Å²) in [6, 6.07) is 4.88. The van der Waals surface area contributed by atoms with E-state index >= 15 is 0 Å². The second-order valence-electron chi connectivity index (χ2n) is 4.55. The molecule has 0 spiro atoms. The number of nitrogens with zero attached hydrogens (tertiary/aromatic N) is 3. The van der Waals surface area contributed by atoms with Crippen molar-refractivity contribution >= 4 is 38.9 Å². The summed E-state index contributed by atoms with van der Waals surface area (Å²) in [5.41, 5.74) is 0. The third-order valence-corrected chi connectivity index (χ3v) is 4.77. The Balaban J connectivity index is 1.92. The van der Waals surface area contributed by atoms with Gasteiger partial charge in [-0.15, -0.1) is 11.3 Å². The topological polar surface area (TPSA) is 41.1 Å². The molecule has 3 rings (SSSR count). The van der Waals surface area contributed by atoms with Crippen LogP contribution in [0.25, 0.3) is 0 Å². The Bertz CT molecular complexity index is 554. The Labute approximate surface area is 125 Å². The highest BCUT2D eigenvalue weighted by molar-refractivity contribution is 9.10. The van der Waals surface area contributed by atoms with Gasteiger partial charge in [-0.2, -0.15) is 0 Å². The Hall–Kier alpha value is -1.14. The molecule has 1 aliphatic carbocycles. The van der Waals surface area contributed by atoms with Crippen molar-refractivity contribution < 1.29 is 0 Å². The van der Waals surface area contributed by atoms with Gasteiger partial charge in [-0.3, -0.25) is 0 Å². The van der Waals surface area contributed by atoms with E-state index in [1.807, 2.05) is 7.05 Å². The summed E-state index contributed by atoms with van der Waals surface area (Å²) >= 11 is 5.41. The van der Waals surface area contributed by atoms with Gasteiger partial charge in [0.1, 0.15) is 22.4 Å². The molecule has 0 bridgehead atoms. The zero-order valence-electron chi connectivity index (χ0n) is 10.6. The molecule has 0 amide bonds. The van der Waals surface area contributed by atoms with Crippen molar-refractivity contribution in [2.75, 3.05) is 17.3 Å². The van der Waals surface area contributed by atoms with Gasteiger partial charge in [0.05, 0.1) is 6.54 Å². The molecule has 0 radical (unpaired) electrons. The second-order valence-corrected chi connectivity index (χ2v) is 6.37. The molecule has 0 aromatic carbocycles. The van der Waals surface area contributed by atoms with Gasteiger partial charge in [-0.1, -0.05) is 6.07 Å². The van der Waals surface area contributed by atoms with Gasteiger partial charge < -0.3 is 10.2 Å². The number of halogens is 1.